The van der Waals surface area contributed by atoms with E-state index in [1.54, 1.807) is 11.0 Å². The third-order valence-corrected chi connectivity index (χ3v) is 3.91. The van der Waals surface area contributed by atoms with Crippen LogP contribution in [0.4, 0.5) is 9.18 Å². The number of rotatable bonds is 2. The van der Waals surface area contributed by atoms with E-state index in [2.05, 4.69) is 0 Å². The number of halogens is 1. The summed E-state index contributed by atoms with van der Waals surface area (Å²) in [5.41, 5.74) is 1.51. The van der Waals surface area contributed by atoms with Crippen LogP contribution in [0.1, 0.15) is 70.5 Å². The van der Waals surface area contributed by atoms with Gasteiger partial charge < -0.3 is 9.64 Å². The number of nitrogens with zero attached hydrogens (tertiary/aromatic N) is 1. The number of benzene rings is 1. The monoisotopic (exact) mass is 307 g/mol. The molecule has 1 amide bonds. The van der Waals surface area contributed by atoms with Gasteiger partial charge in [0, 0.05) is 6.54 Å². The molecule has 0 saturated carbocycles. The Hall–Kier alpha value is -1.58. The van der Waals surface area contributed by atoms with Gasteiger partial charge in [-0.05, 0) is 62.8 Å². The van der Waals surface area contributed by atoms with Crippen molar-refractivity contribution in [2.45, 2.75) is 65.0 Å². The summed E-state index contributed by atoms with van der Waals surface area (Å²) >= 11 is 0. The lowest BCUT2D eigenvalue weighted by atomic mass is 9.91. The van der Waals surface area contributed by atoms with Crippen molar-refractivity contribution in [3.05, 3.63) is 35.1 Å². The minimum atomic E-state index is -0.506. The number of likely N-dealkylation sites (tertiary alicyclic amines) is 1. The highest BCUT2D eigenvalue weighted by molar-refractivity contribution is 5.69. The lowest BCUT2D eigenvalue weighted by molar-refractivity contribution is 0.0224. The zero-order chi connectivity index (χ0) is 16.5. The van der Waals surface area contributed by atoms with Crippen molar-refractivity contribution in [3.63, 3.8) is 0 Å². The van der Waals surface area contributed by atoms with Crippen LogP contribution in [0, 0.1) is 5.82 Å². The Bertz CT molecular complexity index is 549. The van der Waals surface area contributed by atoms with Gasteiger partial charge in [-0.2, -0.15) is 0 Å². The second-order valence-electron chi connectivity index (χ2n) is 7.26. The summed E-state index contributed by atoms with van der Waals surface area (Å²) in [5, 5.41) is 0. The van der Waals surface area contributed by atoms with E-state index in [4.69, 9.17) is 4.74 Å². The summed E-state index contributed by atoms with van der Waals surface area (Å²) in [6.07, 6.45) is 1.55. The highest BCUT2D eigenvalue weighted by Crippen LogP contribution is 2.37. The Balaban J connectivity index is 2.30. The Morgan fingerprint density at radius 2 is 2.05 bits per heavy atom. The van der Waals surface area contributed by atoms with Crippen molar-refractivity contribution in [1.29, 1.82) is 0 Å². The molecule has 1 atom stereocenters. The molecule has 0 unspecified atom stereocenters. The summed E-state index contributed by atoms with van der Waals surface area (Å²) in [6.45, 7) is 10.4. The SMILES string of the molecule is CC(C)c1cc(F)ccc1[C@@H]1CCCN1C(=O)OC(C)(C)C. The van der Waals surface area contributed by atoms with E-state index in [1.165, 1.54) is 6.07 Å². The first-order valence-corrected chi connectivity index (χ1v) is 7.98. The first-order valence-electron chi connectivity index (χ1n) is 7.98. The number of carbonyl (C=O) groups excluding carboxylic acids is 1. The van der Waals surface area contributed by atoms with Gasteiger partial charge in [-0.25, -0.2) is 9.18 Å². The quantitative estimate of drug-likeness (QED) is 0.767. The third-order valence-electron chi connectivity index (χ3n) is 3.91. The number of ether oxygens (including phenoxy) is 1. The molecule has 22 heavy (non-hydrogen) atoms. The van der Waals surface area contributed by atoms with E-state index in [9.17, 15) is 9.18 Å². The zero-order valence-electron chi connectivity index (χ0n) is 14.1. The van der Waals surface area contributed by atoms with Crippen molar-refractivity contribution < 1.29 is 13.9 Å². The van der Waals surface area contributed by atoms with Gasteiger partial charge in [0.05, 0.1) is 6.04 Å². The van der Waals surface area contributed by atoms with Crippen molar-refractivity contribution >= 4 is 6.09 Å². The average Bonchev–Trinajstić information content (AvgIpc) is 2.85. The molecular weight excluding hydrogens is 281 g/mol. The van der Waals surface area contributed by atoms with E-state index in [0.717, 1.165) is 24.0 Å². The first kappa shape index (κ1) is 16.8. The molecule has 0 spiro atoms. The van der Waals surface area contributed by atoms with Gasteiger partial charge in [-0.15, -0.1) is 0 Å². The maximum absolute atomic E-state index is 13.6. The Kier molecular flexibility index (Phi) is 4.78. The Morgan fingerprint density at radius 1 is 1.36 bits per heavy atom. The van der Waals surface area contributed by atoms with Crippen molar-refractivity contribution in [2.24, 2.45) is 0 Å². The third kappa shape index (κ3) is 3.79. The summed E-state index contributed by atoms with van der Waals surface area (Å²) < 4.78 is 19.1. The van der Waals surface area contributed by atoms with E-state index >= 15 is 0 Å². The zero-order valence-corrected chi connectivity index (χ0v) is 14.1. The van der Waals surface area contributed by atoms with Gasteiger partial charge in [0.15, 0.2) is 0 Å². The van der Waals surface area contributed by atoms with Crippen LogP contribution in [-0.2, 0) is 4.74 Å². The first-order chi connectivity index (χ1) is 10.2. The lowest BCUT2D eigenvalue weighted by Crippen LogP contribution is -2.36. The van der Waals surface area contributed by atoms with Crippen LogP contribution in [0.2, 0.25) is 0 Å². The highest BCUT2D eigenvalue weighted by Gasteiger charge is 2.34. The van der Waals surface area contributed by atoms with Crippen LogP contribution >= 0.6 is 0 Å². The smallest absolute Gasteiger partial charge is 0.410 e. The predicted octanol–water partition coefficient (Wildman–Crippen LogP) is 5.02. The molecule has 1 aromatic carbocycles. The van der Waals surface area contributed by atoms with E-state index in [1.807, 2.05) is 40.7 Å². The molecule has 3 nitrogen and oxygen atoms in total. The molecule has 2 rings (SSSR count). The van der Waals surface area contributed by atoms with Gasteiger partial charge >= 0.3 is 6.09 Å². The molecule has 0 N–H and O–H groups in total. The van der Waals surface area contributed by atoms with Gasteiger partial charge in [-0.1, -0.05) is 19.9 Å². The minimum Gasteiger partial charge on any atom is -0.444 e. The summed E-state index contributed by atoms with van der Waals surface area (Å²) in [5.74, 6) is -0.0129. The van der Waals surface area contributed by atoms with Gasteiger partial charge in [0.1, 0.15) is 11.4 Å². The van der Waals surface area contributed by atoms with E-state index in [-0.39, 0.29) is 23.9 Å². The molecule has 0 radical (unpaired) electrons. The fourth-order valence-corrected chi connectivity index (χ4v) is 2.98. The minimum absolute atomic E-state index is 0.0205. The second-order valence-corrected chi connectivity index (χ2v) is 7.26. The molecule has 0 aromatic heterocycles. The molecule has 0 aliphatic carbocycles. The maximum Gasteiger partial charge on any atom is 0.410 e. The molecule has 1 saturated heterocycles. The number of amides is 1. The highest BCUT2D eigenvalue weighted by atomic mass is 19.1. The van der Waals surface area contributed by atoms with E-state index < -0.39 is 5.60 Å². The molecule has 122 valence electrons. The van der Waals surface area contributed by atoms with Gasteiger partial charge in [0.2, 0.25) is 0 Å². The fourth-order valence-electron chi connectivity index (χ4n) is 2.98. The van der Waals surface area contributed by atoms with Crippen LogP contribution in [0.3, 0.4) is 0 Å². The summed E-state index contributed by atoms with van der Waals surface area (Å²) in [7, 11) is 0. The van der Waals surface area contributed by atoms with Crippen LogP contribution in [0.5, 0.6) is 0 Å². The van der Waals surface area contributed by atoms with Crippen LogP contribution in [0.25, 0.3) is 0 Å². The Labute approximate surface area is 132 Å². The summed E-state index contributed by atoms with van der Waals surface area (Å²) in [6, 6.07) is 4.86. The molecule has 1 aliphatic heterocycles. The standard InChI is InChI=1S/C18H26FNO2/c1-12(2)15-11-13(19)8-9-14(15)16-7-6-10-20(16)17(21)22-18(3,4)5/h8-9,11-12,16H,6-7,10H2,1-5H3/t16-/m0/s1. The van der Waals surface area contributed by atoms with Gasteiger partial charge in [-0.3, -0.25) is 0 Å². The largest absolute Gasteiger partial charge is 0.444 e. The topological polar surface area (TPSA) is 29.5 Å². The summed E-state index contributed by atoms with van der Waals surface area (Å²) in [4.78, 5) is 14.2. The van der Waals surface area contributed by atoms with E-state index in [0.29, 0.717) is 6.54 Å². The lowest BCUT2D eigenvalue weighted by Gasteiger charge is -2.30. The van der Waals surface area contributed by atoms with Crippen LogP contribution in [0.15, 0.2) is 18.2 Å². The van der Waals surface area contributed by atoms with Crippen LogP contribution in [-0.4, -0.2) is 23.1 Å². The molecule has 0 bridgehead atoms. The Morgan fingerprint density at radius 3 is 2.64 bits per heavy atom. The van der Waals surface area contributed by atoms with Crippen molar-refractivity contribution in [3.8, 4) is 0 Å². The molecule has 1 aliphatic rings. The number of hydrogen-bond donors (Lipinski definition) is 0. The normalized spacial score (nSPS) is 18.9. The van der Waals surface area contributed by atoms with Crippen LogP contribution < -0.4 is 0 Å². The second kappa shape index (κ2) is 6.27. The predicted molar refractivity (Wildman–Crippen MR) is 85.4 cm³/mol. The molecular formula is C18H26FNO2. The molecule has 1 fully saturated rings. The van der Waals surface area contributed by atoms with Crippen molar-refractivity contribution in [1.82, 2.24) is 4.90 Å². The average molecular weight is 307 g/mol. The molecule has 4 heteroatoms. The van der Waals surface area contributed by atoms with Crippen molar-refractivity contribution in [2.75, 3.05) is 6.54 Å². The molecule has 1 heterocycles. The maximum atomic E-state index is 13.6. The van der Waals surface area contributed by atoms with Gasteiger partial charge in [0.25, 0.3) is 0 Å². The number of hydrogen-bond acceptors (Lipinski definition) is 2. The number of carbonyl (C=O) groups is 1. The fraction of sp³-hybridized carbons (Fsp3) is 0.611. The molecule has 1 aromatic rings.